The Kier molecular flexibility index (Phi) is 4.30. The van der Waals surface area contributed by atoms with Crippen LogP contribution in [-0.2, 0) is 11.3 Å². The molecule has 0 atom stereocenters. The highest BCUT2D eigenvalue weighted by atomic mass is 19.1. The molecule has 3 nitrogen and oxygen atoms in total. The van der Waals surface area contributed by atoms with Gasteiger partial charge in [-0.15, -0.1) is 0 Å². The molecule has 104 valence electrons. The molecule has 0 saturated carbocycles. The SMILES string of the molecule is COC(=O)c1ccc(NCc2cc(F)ccc2F)cc1. The van der Waals surface area contributed by atoms with E-state index >= 15 is 0 Å². The highest BCUT2D eigenvalue weighted by molar-refractivity contribution is 5.89. The van der Waals surface area contributed by atoms with Crippen LogP contribution in [0.25, 0.3) is 0 Å². The molecule has 0 spiro atoms. The van der Waals surface area contributed by atoms with Crippen molar-refractivity contribution in [1.82, 2.24) is 0 Å². The van der Waals surface area contributed by atoms with Crippen molar-refractivity contribution in [3.05, 3.63) is 65.2 Å². The van der Waals surface area contributed by atoms with E-state index in [1.54, 1.807) is 24.3 Å². The van der Waals surface area contributed by atoms with Gasteiger partial charge < -0.3 is 10.1 Å². The average Bonchev–Trinajstić information content (AvgIpc) is 2.48. The van der Waals surface area contributed by atoms with E-state index in [1.165, 1.54) is 7.11 Å². The van der Waals surface area contributed by atoms with Crippen molar-refractivity contribution in [3.8, 4) is 0 Å². The molecule has 2 aromatic carbocycles. The minimum atomic E-state index is -0.482. The first-order valence-electron chi connectivity index (χ1n) is 5.96. The molecule has 0 saturated heterocycles. The second-order valence-electron chi connectivity index (χ2n) is 4.16. The van der Waals surface area contributed by atoms with Gasteiger partial charge in [-0.3, -0.25) is 0 Å². The van der Waals surface area contributed by atoms with E-state index in [4.69, 9.17) is 0 Å². The van der Waals surface area contributed by atoms with Crippen molar-refractivity contribution in [2.45, 2.75) is 6.54 Å². The molecule has 0 fully saturated rings. The van der Waals surface area contributed by atoms with Gasteiger partial charge in [-0.25, -0.2) is 13.6 Å². The predicted octanol–water partition coefficient (Wildman–Crippen LogP) is 3.36. The fraction of sp³-hybridized carbons (Fsp3) is 0.133. The highest BCUT2D eigenvalue weighted by Gasteiger charge is 2.06. The molecule has 0 bridgehead atoms. The monoisotopic (exact) mass is 277 g/mol. The van der Waals surface area contributed by atoms with Crippen LogP contribution in [0.5, 0.6) is 0 Å². The number of rotatable bonds is 4. The standard InChI is InChI=1S/C15H13F2NO2/c1-20-15(19)10-2-5-13(6-3-10)18-9-11-8-12(16)4-7-14(11)17/h2-8,18H,9H2,1H3. The largest absolute Gasteiger partial charge is 0.465 e. The van der Waals surface area contributed by atoms with Gasteiger partial charge in [0.1, 0.15) is 11.6 Å². The number of hydrogen-bond acceptors (Lipinski definition) is 3. The van der Waals surface area contributed by atoms with Crippen molar-refractivity contribution >= 4 is 11.7 Å². The van der Waals surface area contributed by atoms with E-state index in [9.17, 15) is 13.6 Å². The van der Waals surface area contributed by atoms with Crippen LogP contribution in [0.1, 0.15) is 15.9 Å². The Labute approximate surface area is 115 Å². The molecule has 0 aromatic heterocycles. The van der Waals surface area contributed by atoms with Crippen LogP contribution in [0.2, 0.25) is 0 Å². The maximum absolute atomic E-state index is 13.4. The number of ether oxygens (including phenoxy) is 1. The zero-order chi connectivity index (χ0) is 14.5. The fourth-order valence-corrected chi connectivity index (χ4v) is 1.72. The first-order chi connectivity index (χ1) is 9.60. The zero-order valence-corrected chi connectivity index (χ0v) is 10.8. The van der Waals surface area contributed by atoms with E-state index in [0.717, 1.165) is 18.2 Å². The molecule has 0 radical (unpaired) electrons. The second-order valence-corrected chi connectivity index (χ2v) is 4.16. The van der Waals surface area contributed by atoms with Gasteiger partial charge in [-0.1, -0.05) is 0 Å². The van der Waals surface area contributed by atoms with Crippen molar-refractivity contribution in [2.24, 2.45) is 0 Å². The Balaban J connectivity index is 2.04. The highest BCUT2D eigenvalue weighted by Crippen LogP contribution is 2.14. The maximum Gasteiger partial charge on any atom is 0.337 e. The van der Waals surface area contributed by atoms with E-state index in [0.29, 0.717) is 11.3 Å². The summed E-state index contributed by atoms with van der Waals surface area (Å²) in [5.41, 5.74) is 1.36. The molecule has 0 unspecified atom stereocenters. The van der Waals surface area contributed by atoms with Gasteiger partial charge in [0.05, 0.1) is 12.7 Å². The van der Waals surface area contributed by atoms with Crippen LogP contribution >= 0.6 is 0 Å². The molecule has 0 aliphatic rings. The number of halogens is 2. The van der Waals surface area contributed by atoms with E-state index in [-0.39, 0.29) is 12.1 Å². The third kappa shape index (κ3) is 3.32. The van der Waals surface area contributed by atoms with Gasteiger partial charge in [0.15, 0.2) is 0 Å². The number of nitrogens with one attached hydrogen (secondary N) is 1. The molecule has 0 heterocycles. The van der Waals surface area contributed by atoms with Gasteiger partial charge in [0.2, 0.25) is 0 Å². The van der Waals surface area contributed by atoms with Gasteiger partial charge in [0.25, 0.3) is 0 Å². The van der Waals surface area contributed by atoms with Gasteiger partial charge in [-0.2, -0.15) is 0 Å². The molecular weight excluding hydrogens is 264 g/mol. The Morgan fingerprint density at radius 3 is 2.50 bits per heavy atom. The summed E-state index contributed by atoms with van der Waals surface area (Å²) in [4.78, 5) is 11.3. The Morgan fingerprint density at radius 2 is 1.85 bits per heavy atom. The maximum atomic E-state index is 13.4. The average molecular weight is 277 g/mol. The lowest BCUT2D eigenvalue weighted by atomic mass is 10.2. The van der Waals surface area contributed by atoms with Crippen molar-refractivity contribution in [3.63, 3.8) is 0 Å². The van der Waals surface area contributed by atoms with Crippen LogP contribution in [0, 0.1) is 11.6 Å². The number of anilines is 1. The Morgan fingerprint density at radius 1 is 1.15 bits per heavy atom. The van der Waals surface area contributed by atoms with Crippen LogP contribution in [0.3, 0.4) is 0 Å². The zero-order valence-electron chi connectivity index (χ0n) is 10.8. The smallest absolute Gasteiger partial charge is 0.337 e. The predicted molar refractivity (Wildman–Crippen MR) is 71.5 cm³/mol. The third-order valence-electron chi connectivity index (χ3n) is 2.80. The van der Waals surface area contributed by atoms with Crippen molar-refractivity contribution < 1.29 is 18.3 Å². The van der Waals surface area contributed by atoms with Crippen LogP contribution in [-0.4, -0.2) is 13.1 Å². The Hall–Kier alpha value is -2.43. The summed E-state index contributed by atoms with van der Waals surface area (Å²) in [7, 11) is 1.31. The number of carbonyl (C=O) groups excluding carboxylic acids is 1. The lowest BCUT2D eigenvalue weighted by molar-refractivity contribution is 0.0601. The molecule has 1 N–H and O–H groups in total. The quantitative estimate of drug-likeness (QED) is 0.871. The summed E-state index contributed by atoms with van der Waals surface area (Å²) < 4.78 is 31.0. The van der Waals surface area contributed by atoms with Gasteiger partial charge >= 0.3 is 5.97 Å². The fourth-order valence-electron chi connectivity index (χ4n) is 1.72. The van der Waals surface area contributed by atoms with Gasteiger partial charge in [0, 0.05) is 17.8 Å². The summed E-state index contributed by atoms with van der Waals surface area (Å²) in [5.74, 6) is -1.37. The lowest BCUT2D eigenvalue weighted by Crippen LogP contribution is -2.04. The minimum Gasteiger partial charge on any atom is -0.465 e. The number of esters is 1. The number of carbonyl (C=O) groups is 1. The van der Waals surface area contributed by atoms with Crippen LogP contribution in [0.15, 0.2) is 42.5 Å². The number of hydrogen-bond donors (Lipinski definition) is 1. The van der Waals surface area contributed by atoms with Gasteiger partial charge in [-0.05, 0) is 42.5 Å². The molecule has 20 heavy (non-hydrogen) atoms. The molecular formula is C15H13F2NO2. The summed E-state index contributed by atoms with van der Waals surface area (Å²) in [5, 5.41) is 2.95. The van der Waals surface area contributed by atoms with Crippen LogP contribution < -0.4 is 5.32 Å². The van der Waals surface area contributed by atoms with E-state index < -0.39 is 17.6 Å². The Bertz CT molecular complexity index is 612. The van der Waals surface area contributed by atoms with E-state index in [1.807, 2.05) is 0 Å². The second kappa shape index (κ2) is 6.14. The summed E-state index contributed by atoms with van der Waals surface area (Å²) >= 11 is 0. The lowest BCUT2D eigenvalue weighted by Gasteiger charge is -2.08. The molecule has 0 aliphatic heterocycles. The molecule has 2 aromatic rings. The summed E-state index contributed by atoms with van der Waals surface area (Å²) in [6, 6.07) is 9.83. The molecule has 5 heteroatoms. The van der Waals surface area contributed by atoms with Crippen LogP contribution in [0.4, 0.5) is 14.5 Å². The minimum absolute atomic E-state index is 0.154. The van der Waals surface area contributed by atoms with Crippen molar-refractivity contribution in [1.29, 1.82) is 0 Å². The number of benzene rings is 2. The molecule has 0 amide bonds. The molecule has 0 aliphatic carbocycles. The summed E-state index contributed by atoms with van der Waals surface area (Å²) in [6.45, 7) is 0.154. The van der Waals surface area contributed by atoms with E-state index in [2.05, 4.69) is 10.1 Å². The third-order valence-corrected chi connectivity index (χ3v) is 2.80. The first-order valence-corrected chi connectivity index (χ1v) is 5.96. The molecule has 2 rings (SSSR count). The van der Waals surface area contributed by atoms with Crippen molar-refractivity contribution in [2.75, 3.05) is 12.4 Å². The topological polar surface area (TPSA) is 38.3 Å². The number of methoxy groups -OCH3 is 1. The first kappa shape index (κ1) is 14.0. The normalized spacial score (nSPS) is 10.2. The summed E-state index contributed by atoms with van der Waals surface area (Å²) in [6.07, 6.45) is 0.